The Morgan fingerprint density at radius 1 is 1.30 bits per heavy atom. The average molecular weight is 309 g/mol. The highest BCUT2D eigenvalue weighted by atomic mass is 35.5. The van der Waals surface area contributed by atoms with Crippen LogP contribution in [0.4, 0.5) is 19.0 Å². The zero-order valence-corrected chi connectivity index (χ0v) is 11.3. The summed E-state index contributed by atoms with van der Waals surface area (Å²) in [7, 11) is 0. The number of aromatic amines is 1. The molecule has 2 rings (SSSR count). The number of nitrogens with zero attached hydrogens (tertiary/aromatic N) is 2. The Morgan fingerprint density at radius 3 is 2.50 bits per heavy atom. The summed E-state index contributed by atoms with van der Waals surface area (Å²) in [6.07, 6.45) is -2.95. The van der Waals surface area contributed by atoms with E-state index in [4.69, 9.17) is 11.6 Å². The minimum atomic E-state index is -4.41. The number of amides is 1. The number of rotatable bonds is 2. The van der Waals surface area contributed by atoms with Gasteiger partial charge in [-0.15, -0.1) is 11.6 Å². The fraction of sp³-hybridized carbons (Fsp3) is 0.500. The molecule has 0 aromatic carbocycles. The molecule has 4 nitrogen and oxygen atoms in total. The van der Waals surface area contributed by atoms with Crippen molar-refractivity contribution in [3.05, 3.63) is 23.9 Å². The fourth-order valence-corrected chi connectivity index (χ4v) is 2.35. The number of hydrogen-bond acceptors (Lipinski definition) is 2. The van der Waals surface area contributed by atoms with Crippen LogP contribution in [-0.2, 0) is 11.0 Å². The van der Waals surface area contributed by atoms with E-state index in [1.54, 1.807) is 9.80 Å². The van der Waals surface area contributed by atoms with E-state index in [2.05, 4.69) is 4.98 Å². The van der Waals surface area contributed by atoms with Gasteiger partial charge in [0, 0.05) is 0 Å². The maximum atomic E-state index is 12.9. The van der Waals surface area contributed by atoms with E-state index >= 15 is 0 Å². The number of carbonyl (C=O) groups is 1. The van der Waals surface area contributed by atoms with Gasteiger partial charge in [0.15, 0.2) is 0 Å². The lowest BCUT2D eigenvalue weighted by molar-refractivity contribution is -0.367. The highest BCUT2D eigenvalue weighted by Crippen LogP contribution is 2.34. The van der Waals surface area contributed by atoms with Gasteiger partial charge in [0.2, 0.25) is 5.91 Å². The van der Waals surface area contributed by atoms with Crippen LogP contribution in [0.1, 0.15) is 5.56 Å². The van der Waals surface area contributed by atoms with Crippen molar-refractivity contribution in [3.63, 3.8) is 0 Å². The molecule has 1 amide bonds. The van der Waals surface area contributed by atoms with Crippen LogP contribution in [0, 0.1) is 0 Å². The lowest BCUT2D eigenvalue weighted by atomic mass is 10.2. The van der Waals surface area contributed by atoms with E-state index in [0.29, 0.717) is 26.2 Å². The number of nitrogens with one attached hydrogen (secondary N) is 1. The van der Waals surface area contributed by atoms with E-state index in [-0.39, 0.29) is 17.6 Å². The Labute approximate surface area is 119 Å². The monoisotopic (exact) mass is 308 g/mol. The van der Waals surface area contributed by atoms with Gasteiger partial charge in [-0.25, -0.2) is 4.98 Å². The standard InChI is InChI=1S/C12H13ClF3N3O/c13-8-10(20)18-4-6-19(7-5-18)11-9(12(14,15)16)2-1-3-17-11/h1-3H,4-8H2/p+1. The SMILES string of the molecule is O=C(CCl)N1CCN(c2[nH+]cccc2C(F)(F)F)CC1. The van der Waals surface area contributed by atoms with Crippen LogP contribution in [-0.4, -0.2) is 42.9 Å². The minimum Gasteiger partial charge on any atom is -0.334 e. The van der Waals surface area contributed by atoms with Crippen molar-refractivity contribution in [2.75, 3.05) is 37.0 Å². The lowest BCUT2D eigenvalue weighted by Gasteiger charge is -2.31. The third-order valence-electron chi connectivity index (χ3n) is 3.20. The maximum Gasteiger partial charge on any atom is 0.424 e. The molecular formula is C12H14ClF3N3O+. The number of anilines is 1. The third-order valence-corrected chi connectivity index (χ3v) is 3.43. The predicted molar refractivity (Wildman–Crippen MR) is 67.5 cm³/mol. The second-order valence-corrected chi connectivity index (χ2v) is 4.70. The van der Waals surface area contributed by atoms with Crippen LogP contribution in [0.5, 0.6) is 0 Å². The summed E-state index contributed by atoms with van der Waals surface area (Å²) in [6, 6.07) is 2.36. The van der Waals surface area contributed by atoms with Crippen LogP contribution >= 0.6 is 11.6 Å². The van der Waals surface area contributed by atoms with E-state index < -0.39 is 11.7 Å². The first-order valence-corrected chi connectivity index (χ1v) is 6.63. The van der Waals surface area contributed by atoms with Gasteiger partial charge in [-0.2, -0.15) is 13.2 Å². The topological polar surface area (TPSA) is 37.7 Å². The Bertz CT molecular complexity index is 487. The molecule has 1 fully saturated rings. The Balaban J connectivity index is 2.13. The lowest BCUT2D eigenvalue weighted by Crippen LogP contribution is -2.50. The van der Waals surface area contributed by atoms with Gasteiger partial charge in [0.1, 0.15) is 24.5 Å². The van der Waals surface area contributed by atoms with Crippen molar-refractivity contribution < 1.29 is 22.9 Å². The fourth-order valence-electron chi connectivity index (χ4n) is 2.18. The molecule has 0 atom stereocenters. The van der Waals surface area contributed by atoms with Crippen LogP contribution in [0.25, 0.3) is 0 Å². The number of aromatic nitrogens is 1. The molecule has 20 heavy (non-hydrogen) atoms. The van der Waals surface area contributed by atoms with Gasteiger partial charge in [-0.05, 0) is 12.1 Å². The molecule has 1 aliphatic rings. The number of pyridine rings is 1. The minimum absolute atomic E-state index is 0.0398. The number of alkyl halides is 4. The van der Waals surface area contributed by atoms with E-state index in [1.807, 2.05) is 0 Å². The predicted octanol–water partition coefficient (Wildman–Crippen LogP) is 1.41. The highest BCUT2D eigenvalue weighted by molar-refractivity contribution is 6.27. The second-order valence-electron chi connectivity index (χ2n) is 4.43. The van der Waals surface area contributed by atoms with Crippen molar-refractivity contribution >= 4 is 23.3 Å². The van der Waals surface area contributed by atoms with Crippen LogP contribution in [0.15, 0.2) is 18.3 Å². The third kappa shape index (κ3) is 3.15. The smallest absolute Gasteiger partial charge is 0.334 e. The van der Waals surface area contributed by atoms with E-state index in [1.165, 1.54) is 12.3 Å². The zero-order chi connectivity index (χ0) is 14.8. The maximum absolute atomic E-state index is 12.9. The average Bonchev–Trinajstić information content (AvgIpc) is 2.46. The van der Waals surface area contributed by atoms with Gasteiger partial charge >= 0.3 is 6.18 Å². The molecule has 0 unspecified atom stereocenters. The molecule has 110 valence electrons. The summed E-state index contributed by atoms with van der Waals surface area (Å²) < 4.78 is 38.8. The largest absolute Gasteiger partial charge is 0.424 e. The van der Waals surface area contributed by atoms with Gasteiger partial charge in [0.05, 0.1) is 19.3 Å². The molecule has 1 N–H and O–H groups in total. The molecule has 1 aromatic heterocycles. The van der Waals surface area contributed by atoms with E-state index in [0.717, 1.165) is 6.07 Å². The molecule has 1 aromatic rings. The van der Waals surface area contributed by atoms with Gasteiger partial charge in [-0.1, -0.05) is 0 Å². The Kier molecular flexibility index (Phi) is 4.37. The molecule has 0 aliphatic carbocycles. The summed E-state index contributed by atoms with van der Waals surface area (Å²) in [5, 5.41) is 0. The number of hydrogen-bond donors (Lipinski definition) is 0. The summed E-state index contributed by atoms with van der Waals surface area (Å²) in [5.74, 6) is -0.261. The molecule has 0 bridgehead atoms. The van der Waals surface area contributed by atoms with Crippen LogP contribution in [0.2, 0.25) is 0 Å². The molecule has 0 saturated carbocycles. The van der Waals surface area contributed by atoms with E-state index in [9.17, 15) is 18.0 Å². The van der Waals surface area contributed by atoms with Crippen molar-refractivity contribution in [1.29, 1.82) is 0 Å². The van der Waals surface area contributed by atoms with Gasteiger partial charge in [-0.3, -0.25) is 9.69 Å². The molecule has 0 spiro atoms. The molecule has 0 radical (unpaired) electrons. The van der Waals surface area contributed by atoms with Crippen LogP contribution in [0.3, 0.4) is 0 Å². The zero-order valence-electron chi connectivity index (χ0n) is 10.6. The van der Waals surface area contributed by atoms with Crippen molar-refractivity contribution in [2.24, 2.45) is 0 Å². The molecule has 1 aliphatic heterocycles. The molecule has 8 heteroatoms. The summed E-state index contributed by atoms with van der Waals surface area (Å²) in [4.78, 5) is 17.2. The Hall–Kier alpha value is -1.50. The summed E-state index contributed by atoms with van der Waals surface area (Å²) >= 11 is 5.46. The second kappa shape index (κ2) is 5.87. The number of piperazine rings is 1. The first-order valence-electron chi connectivity index (χ1n) is 6.10. The Morgan fingerprint density at radius 2 is 1.95 bits per heavy atom. The van der Waals surface area contributed by atoms with Crippen molar-refractivity contribution in [1.82, 2.24) is 4.90 Å². The number of carbonyl (C=O) groups excluding carboxylic acids is 1. The number of halogens is 4. The quantitative estimate of drug-likeness (QED) is 0.775. The van der Waals surface area contributed by atoms with Crippen molar-refractivity contribution in [2.45, 2.75) is 6.18 Å². The van der Waals surface area contributed by atoms with Crippen LogP contribution < -0.4 is 9.88 Å². The van der Waals surface area contributed by atoms with Gasteiger partial charge < -0.3 is 4.90 Å². The first kappa shape index (κ1) is 14.9. The molecule has 1 saturated heterocycles. The van der Waals surface area contributed by atoms with Gasteiger partial charge in [0.25, 0.3) is 5.82 Å². The normalized spacial score (nSPS) is 16.4. The first-order chi connectivity index (χ1) is 9.43. The van der Waals surface area contributed by atoms with Crippen molar-refractivity contribution in [3.8, 4) is 0 Å². The molecular weight excluding hydrogens is 295 g/mol. The summed E-state index contributed by atoms with van der Waals surface area (Å²) in [5.41, 5.74) is -0.697. The molecule has 2 heterocycles. The summed E-state index contributed by atoms with van der Waals surface area (Å²) in [6.45, 7) is 1.41. The number of H-pyrrole nitrogens is 1. The highest BCUT2D eigenvalue weighted by Gasteiger charge is 2.40.